The van der Waals surface area contributed by atoms with Crippen molar-refractivity contribution >= 4 is 57.2 Å². The molecule has 0 saturated heterocycles. The number of rotatable bonds is 8. The molecule has 0 saturated carbocycles. The van der Waals surface area contributed by atoms with E-state index in [0.29, 0.717) is 0 Å². The summed E-state index contributed by atoms with van der Waals surface area (Å²) >= 11 is 0. The van der Waals surface area contributed by atoms with E-state index in [2.05, 4.69) is 156 Å². The molecule has 7 aromatic rings. The number of benzene rings is 4. The van der Waals surface area contributed by atoms with Crippen molar-refractivity contribution in [3.05, 3.63) is 178 Å². The largest absolute Gasteiger partial charge is 0.464 e. The fourth-order valence-electron chi connectivity index (χ4n) is 8.92. The molecule has 1 atom stereocenters. The van der Waals surface area contributed by atoms with Crippen LogP contribution in [0, 0.1) is 6.92 Å². The van der Waals surface area contributed by atoms with Gasteiger partial charge in [-0.2, -0.15) is 0 Å². The highest BCUT2D eigenvalue weighted by Gasteiger charge is 2.35. The first-order chi connectivity index (χ1) is 26.0. The van der Waals surface area contributed by atoms with Crippen LogP contribution in [0.2, 0.25) is 0 Å². The average molecular weight is 688 g/mol. The quantitative estimate of drug-likeness (QED) is 0.173. The first-order valence-corrected chi connectivity index (χ1v) is 18.8. The van der Waals surface area contributed by atoms with Crippen LogP contribution in [0.15, 0.2) is 144 Å². The first kappa shape index (κ1) is 31.5. The van der Waals surface area contributed by atoms with Crippen molar-refractivity contribution in [1.82, 2.24) is 14.5 Å². The van der Waals surface area contributed by atoms with E-state index >= 15 is 0 Å². The molecule has 1 aliphatic heterocycles. The topological polar surface area (TPSA) is 37.1 Å². The molecule has 4 aromatic carbocycles. The highest BCUT2D eigenvalue weighted by molar-refractivity contribution is 6.05. The number of aromatic amines is 1. The van der Waals surface area contributed by atoms with Crippen molar-refractivity contribution in [1.29, 1.82) is 0 Å². The lowest BCUT2D eigenvalue weighted by molar-refractivity contribution is 0.605. The minimum Gasteiger partial charge on any atom is -0.464 e. The van der Waals surface area contributed by atoms with Gasteiger partial charge in [0.05, 0.1) is 17.3 Å². The van der Waals surface area contributed by atoms with Crippen LogP contribution in [-0.4, -0.2) is 14.5 Å². The molecule has 0 bridgehead atoms. The Morgan fingerprint density at radius 1 is 0.962 bits per heavy atom. The Labute approximate surface area is 309 Å². The number of H-pyrrole nitrogens is 1. The van der Waals surface area contributed by atoms with E-state index in [-0.39, 0.29) is 5.92 Å². The zero-order chi connectivity index (χ0) is 35.6. The van der Waals surface area contributed by atoms with Crippen LogP contribution in [0.25, 0.3) is 68.3 Å². The molecule has 10 rings (SSSR count). The SMILES string of the molecule is C=C(/C=c1\c(=C)n2c3c(cccc13)C1Cc3[nH]c4c(-c5ccccc5)cccc4c3C=C12)N(/C=C/CCc1coc2c(C)cccc12)C1=CCCC=C1. The van der Waals surface area contributed by atoms with E-state index in [1.807, 2.05) is 6.26 Å². The van der Waals surface area contributed by atoms with Gasteiger partial charge in [-0.3, -0.25) is 0 Å². The van der Waals surface area contributed by atoms with Crippen molar-refractivity contribution in [3.8, 4) is 11.1 Å². The third kappa shape index (κ3) is 5.04. The van der Waals surface area contributed by atoms with Gasteiger partial charge in [0.15, 0.2) is 0 Å². The van der Waals surface area contributed by atoms with Crippen LogP contribution in [0.3, 0.4) is 0 Å². The number of aromatic nitrogens is 2. The fourth-order valence-corrected chi connectivity index (χ4v) is 8.92. The van der Waals surface area contributed by atoms with Crippen LogP contribution < -0.4 is 10.6 Å². The maximum absolute atomic E-state index is 5.92. The van der Waals surface area contributed by atoms with Gasteiger partial charge in [0.25, 0.3) is 0 Å². The number of furan rings is 1. The molecule has 4 heteroatoms. The van der Waals surface area contributed by atoms with E-state index in [9.17, 15) is 0 Å². The fraction of sp³-hybridized carbons (Fsp3) is 0.143. The minimum absolute atomic E-state index is 0.278. The third-order valence-corrected chi connectivity index (χ3v) is 11.5. The molecule has 2 aliphatic carbocycles. The molecule has 4 heterocycles. The lowest BCUT2D eigenvalue weighted by Crippen LogP contribution is -2.29. The van der Waals surface area contributed by atoms with Gasteiger partial charge >= 0.3 is 0 Å². The second-order valence-electron chi connectivity index (χ2n) is 14.6. The highest BCUT2D eigenvalue weighted by atomic mass is 16.3. The maximum atomic E-state index is 5.92. The Bertz CT molecular complexity index is 2870. The highest BCUT2D eigenvalue weighted by Crippen LogP contribution is 2.47. The second-order valence-corrected chi connectivity index (χ2v) is 14.6. The molecule has 0 spiro atoms. The molecule has 3 aromatic heterocycles. The van der Waals surface area contributed by atoms with Gasteiger partial charge in [0, 0.05) is 79.2 Å². The predicted molar refractivity (Wildman–Crippen MR) is 221 cm³/mol. The Balaban J connectivity index is 1.02. The van der Waals surface area contributed by atoms with Gasteiger partial charge in [-0.05, 0) is 73.1 Å². The Hall–Kier alpha value is -6.26. The first-order valence-electron chi connectivity index (χ1n) is 18.8. The molecular formula is C49H41N3O. The zero-order valence-electron chi connectivity index (χ0n) is 30.0. The molecular weight excluding hydrogens is 647 g/mol. The summed E-state index contributed by atoms with van der Waals surface area (Å²) < 4.78 is 8.35. The summed E-state index contributed by atoms with van der Waals surface area (Å²) in [5.41, 5.74) is 15.7. The summed E-state index contributed by atoms with van der Waals surface area (Å²) in [6.45, 7) is 11.5. The number of hydrogen-bond acceptors (Lipinski definition) is 2. The number of aryl methyl sites for hydroxylation is 2. The minimum atomic E-state index is 0.278. The summed E-state index contributed by atoms with van der Waals surface area (Å²) in [7, 11) is 0. The molecule has 1 unspecified atom stereocenters. The molecule has 1 N–H and O–H groups in total. The summed E-state index contributed by atoms with van der Waals surface area (Å²) in [6.07, 6.45) is 22.6. The van der Waals surface area contributed by atoms with Crippen LogP contribution >= 0.6 is 0 Å². The molecule has 0 amide bonds. The van der Waals surface area contributed by atoms with E-state index < -0.39 is 0 Å². The van der Waals surface area contributed by atoms with Gasteiger partial charge in [0.2, 0.25) is 0 Å². The van der Waals surface area contributed by atoms with Crippen molar-refractivity contribution in [2.45, 2.75) is 44.9 Å². The van der Waals surface area contributed by atoms with Crippen molar-refractivity contribution < 1.29 is 4.42 Å². The monoisotopic (exact) mass is 687 g/mol. The van der Waals surface area contributed by atoms with E-state index in [4.69, 9.17) is 11.0 Å². The average Bonchev–Trinajstić information content (AvgIpc) is 3.94. The third-order valence-electron chi connectivity index (χ3n) is 11.5. The van der Waals surface area contributed by atoms with Crippen molar-refractivity contribution in [2.75, 3.05) is 0 Å². The van der Waals surface area contributed by atoms with Gasteiger partial charge in [0.1, 0.15) is 5.58 Å². The number of nitrogens with zero attached hydrogens (tertiary/aromatic N) is 2. The molecule has 4 nitrogen and oxygen atoms in total. The van der Waals surface area contributed by atoms with Crippen LogP contribution in [-0.2, 0) is 12.8 Å². The van der Waals surface area contributed by atoms with E-state index in [1.54, 1.807) is 0 Å². The lowest BCUT2D eigenvalue weighted by atomic mass is 9.86. The van der Waals surface area contributed by atoms with E-state index in [0.717, 1.165) is 59.6 Å². The van der Waals surface area contributed by atoms with E-state index in [1.165, 1.54) is 72.0 Å². The van der Waals surface area contributed by atoms with Crippen molar-refractivity contribution in [3.63, 3.8) is 0 Å². The maximum Gasteiger partial charge on any atom is 0.137 e. The normalized spacial score (nSPS) is 16.5. The zero-order valence-corrected chi connectivity index (χ0v) is 30.0. The summed E-state index contributed by atoms with van der Waals surface area (Å²) in [5.74, 6) is 0.278. The molecule has 53 heavy (non-hydrogen) atoms. The molecule has 0 radical (unpaired) electrons. The Morgan fingerprint density at radius 2 is 1.79 bits per heavy atom. The number of nitrogens with one attached hydrogen (secondary N) is 1. The summed E-state index contributed by atoms with van der Waals surface area (Å²) in [6, 6.07) is 30.5. The Kier molecular flexibility index (Phi) is 7.40. The van der Waals surface area contributed by atoms with Gasteiger partial charge < -0.3 is 18.9 Å². The molecule has 258 valence electrons. The smallest absolute Gasteiger partial charge is 0.137 e. The predicted octanol–water partition coefficient (Wildman–Crippen LogP) is 10.9. The second kappa shape index (κ2) is 12.5. The van der Waals surface area contributed by atoms with Crippen LogP contribution in [0.4, 0.5) is 0 Å². The number of fused-ring (bicyclic) bond motifs is 7. The summed E-state index contributed by atoms with van der Waals surface area (Å²) in [5, 5.41) is 5.84. The van der Waals surface area contributed by atoms with Crippen LogP contribution in [0.1, 0.15) is 53.1 Å². The Morgan fingerprint density at radius 3 is 2.66 bits per heavy atom. The standard InChI is InChI=1S/C49H41N3O/c1-31-15-12-22-38-35(30-53-49(31)38)18-10-11-26-51(36-19-8-5-9-20-36)32(2)27-42-33(3)52-46-29-43-39-23-13-21-37(34-16-6-4-7-17-34)47(39)50-45(43)28-44(46)41-25-14-24-40(42)48(41)52/h4,6-8,11-17,19-27,29-30,44,50H,2-3,5,9-10,18,28H2,1H3/b26-11+,42-27+. The number of para-hydroxylation sites is 3. The number of allylic oxidation sites excluding steroid dienone is 6. The van der Waals surface area contributed by atoms with Gasteiger partial charge in [-0.1, -0.05) is 116 Å². The van der Waals surface area contributed by atoms with Crippen molar-refractivity contribution in [2.24, 2.45) is 0 Å². The molecule has 3 aliphatic rings. The number of hydrogen-bond donors (Lipinski definition) is 1. The van der Waals surface area contributed by atoms with Crippen LogP contribution in [0.5, 0.6) is 0 Å². The van der Waals surface area contributed by atoms with Gasteiger partial charge in [-0.25, -0.2) is 0 Å². The van der Waals surface area contributed by atoms with Gasteiger partial charge in [-0.15, -0.1) is 0 Å². The summed E-state index contributed by atoms with van der Waals surface area (Å²) in [4.78, 5) is 6.10. The lowest BCUT2D eigenvalue weighted by Gasteiger charge is -2.24. The molecule has 0 fully saturated rings.